The molecular formula is C12H15FO3. The molecule has 0 bridgehead atoms. The highest BCUT2D eigenvalue weighted by molar-refractivity contribution is 5.64. The van der Waals surface area contributed by atoms with E-state index in [1.165, 1.54) is 24.3 Å². The van der Waals surface area contributed by atoms with Crippen LogP contribution >= 0.6 is 0 Å². The van der Waals surface area contributed by atoms with E-state index in [2.05, 4.69) is 0 Å². The van der Waals surface area contributed by atoms with Gasteiger partial charge in [-0.25, -0.2) is 9.18 Å². The summed E-state index contributed by atoms with van der Waals surface area (Å²) in [6, 6.07) is 5.17. The summed E-state index contributed by atoms with van der Waals surface area (Å²) in [5.41, 5.74) is -0.558. The molecule has 0 spiro atoms. The van der Waals surface area contributed by atoms with Crippen LogP contribution in [0.3, 0.4) is 0 Å². The molecule has 1 aromatic rings. The van der Waals surface area contributed by atoms with Crippen molar-refractivity contribution in [3.8, 4) is 5.75 Å². The van der Waals surface area contributed by atoms with E-state index in [0.717, 1.165) is 0 Å². The second-order valence-corrected chi connectivity index (χ2v) is 4.02. The van der Waals surface area contributed by atoms with Crippen molar-refractivity contribution in [1.29, 1.82) is 0 Å². The van der Waals surface area contributed by atoms with Crippen LogP contribution in [-0.2, 0) is 4.74 Å². The Morgan fingerprint density at radius 2 is 1.88 bits per heavy atom. The van der Waals surface area contributed by atoms with Crippen molar-refractivity contribution in [1.82, 2.24) is 0 Å². The number of carbonyl (C=O) groups is 1. The zero-order valence-electron chi connectivity index (χ0n) is 9.62. The highest BCUT2D eigenvalue weighted by atomic mass is 19.1. The minimum Gasteiger partial charge on any atom is -0.428 e. The van der Waals surface area contributed by atoms with Crippen molar-refractivity contribution in [2.24, 2.45) is 0 Å². The van der Waals surface area contributed by atoms with Crippen LogP contribution in [-0.4, -0.2) is 11.8 Å². The number of rotatable bonds is 3. The molecule has 1 rings (SSSR count). The molecule has 4 heteroatoms. The minimum absolute atomic E-state index is 0.262. The second kappa shape index (κ2) is 4.96. The van der Waals surface area contributed by atoms with Crippen LogP contribution in [0.25, 0.3) is 0 Å². The van der Waals surface area contributed by atoms with Crippen LogP contribution < -0.4 is 4.74 Å². The minimum atomic E-state index is -0.779. The third-order valence-electron chi connectivity index (χ3n) is 2.23. The van der Waals surface area contributed by atoms with Gasteiger partial charge in [-0.2, -0.15) is 0 Å². The molecule has 3 nitrogen and oxygen atoms in total. The third-order valence-corrected chi connectivity index (χ3v) is 2.23. The zero-order valence-corrected chi connectivity index (χ0v) is 9.62. The summed E-state index contributed by atoms with van der Waals surface area (Å²) in [5, 5.41) is 0. The molecule has 0 saturated heterocycles. The largest absolute Gasteiger partial charge is 0.514 e. The van der Waals surface area contributed by atoms with Gasteiger partial charge in [0.05, 0.1) is 0 Å². The molecule has 0 aromatic heterocycles. The van der Waals surface area contributed by atoms with Gasteiger partial charge in [-0.15, -0.1) is 0 Å². The number of hydrogen-bond donors (Lipinski definition) is 0. The highest BCUT2D eigenvalue weighted by Gasteiger charge is 2.21. The Bertz CT molecular complexity index is 357. The maximum absolute atomic E-state index is 12.6. The summed E-state index contributed by atoms with van der Waals surface area (Å²) >= 11 is 0. The molecule has 0 N–H and O–H groups in total. The van der Waals surface area contributed by atoms with Gasteiger partial charge in [0.25, 0.3) is 0 Å². The molecule has 0 unspecified atom stereocenters. The number of carbonyl (C=O) groups excluding carboxylic acids is 1. The molecule has 0 amide bonds. The van der Waals surface area contributed by atoms with E-state index in [4.69, 9.17) is 9.47 Å². The molecule has 0 fully saturated rings. The van der Waals surface area contributed by atoms with E-state index in [9.17, 15) is 9.18 Å². The molecule has 88 valence electrons. The van der Waals surface area contributed by atoms with Crippen molar-refractivity contribution < 1.29 is 18.7 Å². The van der Waals surface area contributed by atoms with Crippen molar-refractivity contribution in [2.45, 2.75) is 32.8 Å². The fraction of sp³-hybridized carbons (Fsp3) is 0.417. The molecule has 0 radical (unpaired) electrons. The molecular weight excluding hydrogens is 211 g/mol. The van der Waals surface area contributed by atoms with Gasteiger partial charge in [0.2, 0.25) is 0 Å². The summed E-state index contributed by atoms with van der Waals surface area (Å²) in [7, 11) is 0. The SMILES string of the molecule is CCC(C)(C)OC(=O)Oc1ccc(F)cc1. The van der Waals surface area contributed by atoms with Crippen LogP contribution in [0.5, 0.6) is 5.75 Å². The standard InChI is InChI=1S/C12H15FO3/c1-4-12(2,3)16-11(14)15-10-7-5-9(13)6-8-10/h5-8H,4H2,1-3H3. The molecule has 0 heterocycles. The molecule has 0 atom stereocenters. The predicted octanol–water partition coefficient (Wildman–Crippen LogP) is 3.53. The lowest BCUT2D eigenvalue weighted by molar-refractivity contribution is 0.00705. The molecule has 1 aromatic carbocycles. The van der Waals surface area contributed by atoms with Gasteiger partial charge in [0, 0.05) is 0 Å². The Kier molecular flexibility index (Phi) is 3.88. The summed E-state index contributed by atoms with van der Waals surface area (Å²) in [6.45, 7) is 5.49. The molecule has 16 heavy (non-hydrogen) atoms. The lowest BCUT2D eigenvalue weighted by Gasteiger charge is -2.22. The van der Waals surface area contributed by atoms with Gasteiger partial charge in [-0.05, 0) is 44.5 Å². The quantitative estimate of drug-likeness (QED) is 0.584. The maximum Gasteiger partial charge on any atom is 0.514 e. The number of ether oxygens (including phenoxy) is 2. The van der Waals surface area contributed by atoms with Gasteiger partial charge in [0.1, 0.15) is 17.2 Å². The van der Waals surface area contributed by atoms with Gasteiger partial charge in [-0.3, -0.25) is 0 Å². The van der Waals surface area contributed by atoms with Gasteiger partial charge >= 0.3 is 6.16 Å². The third kappa shape index (κ3) is 3.88. The van der Waals surface area contributed by atoms with E-state index in [0.29, 0.717) is 6.42 Å². The number of hydrogen-bond acceptors (Lipinski definition) is 3. The lowest BCUT2D eigenvalue weighted by atomic mass is 10.1. The number of halogens is 1. The normalized spacial score (nSPS) is 11.0. The van der Waals surface area contributed by atoms with Crippen LogP contribution in [0, 0.1) is 5.82 Å². The lowest BCUT2D eigenvalue weighted by Crippen LogP contribution is -2.28. The smallest absolute Gasteiger partial charge is 0.428 e. The van der Waals surface area contributed by atoms with E-state index < -0.39 is 11.8 Å². The van der Waals surface area contributed by atoms with Crippen molar-refractivity contribution in [3.05, 3.63) is 30.1 Å². The van der Waals surface area contributed by atoms with E-state index in [1.54, 1.807) is 13.8 Å². The Hall–Kier alpha value is -1.58. The van der Waals surface area contributed by atoms with Crippen molar-refractivity contribution >= 4 is 6.16 Å². The average molecular weight is 226 g/mol. The Morgan fingerprint density at radius 1 is 1.31 bits per heavy atom. The first-order chi connectivity index (χ1) is 7.43. The number of benzene rings is 1. The van der Waals surface area contributed by atoms with Crippen LogP contribution in [0.4, 0.5) is 9.18 Å². The van der Waals surface area contributed by atoms with Gasteiger partial charge < -0.3 is 9.47 Å². The monoisotopic (exact) mass is 226 g/mol. The fourth-order valence-electron chi connectivity index (χ4n) is 0.917. The van der Waals surface area contributed by atoms with Crippen LogP contribution in [0.1, 0.15) is 27.2 Å². The summed E-state index contributed by atoms with van der Waals surface area (Å²) in [6.07, 6.45) is -0.0932. The molecule has 0 aliphatic rings. The van der Waals surface area contributed by atoms with Crippen molar-refractivity contribution in [3.63, 3.8) is 0 Å². The highest BCUT2D eigenvalue weighted by Crippen LogP contribution is 2.17. The van der Waals surface area contributed by atoms with Crippen LogP contribution in [0.15, 0.2) is 24.3 Å². The first kappa shape index (κ1) is 12.5. The zero-order chi connectivity index (χ0) is 12.2. The second-order valence-electron chi connectivity index (χ2n) is 4.02. The fourth-order valence-corrected chi connectivity index (χ4v) is 0.917. The van der Waals surface area contributed by atoms with Gasteiger partial charge in [-0.1, -0.05) is 6.92 Å². The first-order valence-electron chi connectivity index (χ1n) is 5.09. The molecule has 0 saturated carbocycles. The van der Waals surface area contributed by atoms with Crippen molar-refractivity contribution in [2.75, 3.05) is 0 Å². The summed E-state index contributed by atoms with van der Waals surface area (Å²) in [5.74, 6) is -0.118. The Morgan fingerprint density at radius 3 is 2.38 bits per heavy atom. The average Bonchev–Trinajstić information content (AvgIpc) is 2.21. The van der Waals surface area contributed by atoms with E-state index >= 15 is 0 Å². The summed E-state index contributed by atoms with van der Waals surface area (Å²) in [4.78, 5) is 11.3. The molecule has 0 aliphatic heterocycles. The molecule has 0 aliphatic carbocycles. The van der Waals surface area contributed by atoms with E-state index in [-0.39, 0.29) is 11.6 Å². The predicted molar refractivity (Wildman–Crippen MR) is 57.9 cm³/mol. The maximum atomic E-state index is 12.6. The summed E-state index contributed by atoms with van der Waals surface area (Å²) < 4.78 is 22.5. The first-order valence-corrected chi connectivity index (χ1v) is 5.09. The Labute approximate surface area is 94.2 Å². The Balaban J connectivity index is 2.55. The van der Waals surface area contributed by atoms with Gasteiger partial charge in [0.15, 0.2) is 0 Å². The topological polar surface area (TPSA) is 35.5 Å². The van der Waals surface area contributed by atoms with E-state index in [1.807, 2.05) is 6.92 Å². The van der Waals surface area contributed by atoms with Crippen LogP contribution in [0.2, 0.25) is 0 Å².